The van der Waals surface area contributed by atoms with E-state index in [4.69, 9.17) is 4.74 Å². The van der Waals surface area contributed by atoms with Gasteiger partial charge in [-0.05, 0) is 41.9 Å². The second-order valence-corrected chi connectivity index (χ2v) is 4.32. The number of aliphatic hydroxyl groups excluding tert-OH is 1. The van der Waals surface area contributed by atoms with Crippen LogP contribution in [-0.4, -0.2) is 28.9 Å². The average molecular weight is 274 g/mol. The molecule has 1 N–H and O–H groups in total. The van der Waals surface area contributed by atoms with E-state index in [1.165, 1.54) is 0 Å². The maximum atomic E-state index is 9.79. The number of aliphatic hydroxyl groups is 1. The van der Waals surface area contributed by atoms with Gasteiger partial charge in [0.05, 0.1) is 12.2 Å². The summed E-state index contributed by atoms with van der Waals surface area (Å²) >= 11 is 3.32. The highest BCUT2D eigenvalue weighted by Gasteiger charge is 2.15. The van der Waals surface area contributed by atoms with Crippen LogP contribution in [0.5, 0.6) is 0 Å². The van der Waals surface area contributed by atoms with Crippen LogP contribution in [0.4, 0.5) is 0 Å². The Kier molecular flexibility index (Phi) is 5.22. The van der Waals surface area contributed by atoms with Crippen LogP contribution in [0.25, 0.3) is 0 Å². The van der Waals surface area contributed by atoms with Crippen LogP contribution >= 0.6 is 15.9 Å². The summed E-state index contributed by atoms with van der Waals surface area (Å²) in [6.07, 6.45) is 1.60. The summed E-state index contributed by atoms with van der Waals surface area (Å²) in [7, 11) is 0. The summed E-state index contributed by atoms with van der Waals surface area (Å²) in [5.41, 5.74) is 0.872. The third kappa shape index (κ3) is 4.28. The molecular formula is C11H16BrNO2. The van der Waals surface area contributed by atoms with Crippen LogP contribution in [0.1, 0.15) is 19.5 Å². The molecule has 84 valence electrons. The van der Waals surface area contributed by atoms with E-state index in [0.717, 1.165) is 10.2 Å². The summed E-state index contributed by atoms with van der Waals surface area (Å²) in [5.74, 6) is 0. The molecule has 0 saturated heterocycles. The number of halogens is 1. The van der Waals surface area contributed by atoms with E-state index in [1.807, 2.05) is 26.0 Å². The maximum absolute atomic E-state index is 9.79. The van der Waals surface area contributed by atoms with Crippen LogP contribution in [-0.2, 0) is 11.2 Å². The molecule has 1 rings (SSSR count). The van der Waals surface area contributed by atoms with Crippen molar-refractivity contribution < 1.29 is 9.84 Å². The molecule has 1 aromatic heterocycles. The second-order valence-electron chi connectivity index (χ2n) is 3.40. The van der Waals surface area contributed by atoms with Crippen LogP contribution in [0, 0.1) is 0 Å². The minimum Gasteiger partial charge on any atom is -0.390 e. The molecule has 0 aliphatic rings. The molecule has 0 saturated carbocycles. The molecule has 0 radical (unpaired) electrons. The van der Waals surface area contributed by atoms with Crippen molar-refractivity contribution >= 4 is 15.9 Å². The summed E-state index contributed by atoms with van der Waals surface area (Å²) in [6.45, 7) is 4.40. The quantitative estimate of drug-likeness (QED) is 0.894. The Morgan fingerprint density at radius 2 is 2.27 bits per heavy atom. The highest BCUT2D eigenvalue weighted by atomic mass is 79.9. The topological polar surface area (TPSA) is 42.4 Å². The van der Waals surface area contributed by atoms with Gasteiger partial charge in [-0.15, -0.1) is 0 Å². The van der Waals surface area contributed by atoms with Gasteiger partial charge < -0.3 is 9.84 Å². The molecule has 2 atom stereocenters. The first kappa shape index (κ1) is 12.6. The van der Waals surface area contributed by atoms with Crippen LogP contribution in [0.2, 0.25) is 0 Å². The Labute approximate surface area is 98.6 Å². The molecule has 1 aromatic rings. The van der Waals surface area contributed by atoms with Crippen LogP contribution in [0.15, 0.2) is 22.8 Å². The standard InChI is InChI=1S/C11H16BrNO2/c1-3-15-8(2)11(14)6-10-5-4-9(12)7-13-10/h4-5,7-8,11,14H,3,6H2,1-2H3. The largest absolute Gasteiger partial charge is 0.390 e. The third-order valence-electron chi connectivity index (χ3n) is 2.18. The lowest BCUT2D eigenvalue weighted by molar-refractivity contribution is -0.0211. The number of rotatable bonds is 5. The molecule has 0 aromatic carbocycles. The van der Waals surface area contributed by atoms with Crippen molar-refractivity contribution in [3.63, 3.8) is 0 Å². The van der Waals surface area contributed by atoms with Crippen molar-refractivity contribution in [1.82, 2.24) is 4.98 Å². The van der Waals surface area contributed by atoms with Crippen molar-refractivity contribution in [2.75, 3.05) is 6.61 Å². The Morgan fingerprint density at radius 3 is 2.80 bits per heavy atom. The van der Waals surface area contributed by atoms with Gasteiger partial charge in [0.2, 0.25) is 0 Å². The molecule has 0 aliphatic heterocycles. The Bertz CT molecular complexity index is 289. The number of hydrogen-bond acceptors (Lipinski definition) is 3. The van der Waals surface area contributed by atoms with E-state index in [0.29, 0.717) is 13.0 Å². The molecule has 1 heterocycles. The fourth-order valence-electron chi connectivity index (χ4n) is 1.28. The molecule has 15 heavy (non-hydrogen) atoms. The highest BCUT2D eigenvalue weighted by molar-refractivity contribution is 9.10. The van der Waals surface area contributed by atoms with Crippen molar-refractivity contribution in [2.45, 2.75) is 32.5 Å². The van der Waals surface area contributed by atoms with Gasteiger partial charge in [0, 0.05) is 29.4 Å². The van der Waals surface area contributed by atoms with E-state index in [1.54, 1.807) is 6.20 Å². The average Bonchev–Trinajstić information content (AvgIpc) is 2.22. The van der Waals surface area contributed by atoms with Gasteiger partial charge in [-0.2, -0.15) is 0 Å². The first-order valence-corrected chi connectivity index (χ1v) is 5.83. The number of pyridine rings is 1. The van der Waals surface area contributed by atoms with Crippen LogP contribution < -0.4 is 0 Å². The zero-order chi connectivity index (χ0) is 11.3. The molecule has 0 amide bonds. The second kappa shape index (κ2) is 6.20. The SMILES string of the molecule is CCOC(C)C(O)Cc1ccc(Br)cn1. The van der Waals surface area contributed by atoms with Crippen molar-refractivity contribution in [1.29, 1.82) is 0 Å². The van der Waals surface area contributed by atoms with Gasteiger partial charge in [0.25, 0.3) is 0 Å². The number of nitrogens with zero attached hydrogens (tertiary/aromatic N) is 1. The summed E-state index contributed by atoms with van der Waals surface area (Å²) in [6, 6.07) is 3.81. The minimum atomic E-state index is -0.501. The molecule has 0 bridgehead atoms. The van der Waals surface area contributed by atoms with Crippen molar-refractivity contribution in [2.24, 2.45) is 0 Å². The van der Waals surface area contributed by atoms with Gasteiger partial charge in [0.15, 0.2) is 0 Å². The van der Waals surface area contributed by atoms with E-state index >= 15 is 0 Å². The van der Waals surface area contributed by atoms with E-state index < -0.39 is 6.10 Å². The lowest BCUT2D eigenvalue weighted by Crippen LogP contribution is -2.28. The number of hydrogen-bond donors (Lipinski definition) is 1. The first-order valence-electron chi connectivity index (χ1n) is 5.03. The monoisotopic (exact) mass is 273 g/mol. The van der Waals surface area contributed by atoms with Crippen molar-refractivity contribution in [3.05, 3.63) is 28.5 Å². The van der Waals surface area contributed by atoms with E-state index in [9.17, 15) is 5.11 Å². The predicted molar refractivity (Wildman–Crippen MR) is 62.7 cm³/mol. The van der Waals surface area contributed by atoms with Crippen LogP contribution in [0.3, 0.4) is 0 Å². The number of ether oxygens (including phenoxy) is 1. The molecule has 3 nitrogen and oxygen atoms in total. The smallest absolute Gasteiger partial charge is 0.0854 e. The molecule has 2 unspecified atom stereocenters. The molecule has 0 aliphatic carbocycles. The Morgan fingerprint density at radius 1 is 1.53 bits per heavy atom. The Hall–Kier alpha value is -0.450. The van der Waals surface area contributed by atoms with E-state index in [2.05, 4.69) is 20.9 Å². The summed E-state index contributed by atoms with van der Waals surface area (Å²) in [5, 5.41) is 9.79. The maximum Gasteiger partial charge on any atom is 0.0854 e. The van der Waals surface area contributed by atoms with Gasteiger partial charge in [-0.25, -0.2) is 0 Å². The fraction of sp³-hybridized carbons (Fsp3) is 0.545. The summed E-state index contributed by atoms with van der Waals surface area (Å²) < 4.78 is 6.26. The lowest BCUT2D eigenvalue weighted by Gasteiger charge is -2.18. The van der Waals surface area contributed by atoms with E-state index in [-0.39, 0.29) is 6.10 Å². The molecule has 4 heteroatoms. The first-order chi connectivity index (χ1) is 7.13. The van der Waals surface area contributed by atoms with Gasteiger partial charge in [-0.1, -0.05) is 0 Å². The zero-order valence-corrected chi connectivity index (χ0v) is 10.6. The molecule has 0 fully saturated rings. The van der Waals surface area contributed by atoms with Gasteiger partial charge >= 0.3 is 0 Å². The predicted octanol–water partition coefficient (Wildman–Crippen LogP) is 2.17. The normalized spacial score (nSPS) is 14.9. The Balaban J connectivity index is 2.50. The minimum absolute atomic E-state index is 0.152. The van der Waals surface area contributed by atoms with Crippen molar-refractivity contribution in [3.8, 4) is 0 Å². The van der Waals surface area contributed by atoms with Gasteiger partial charge in [0.1, 0.15) is 0 Å². The zero-order valence-electron chi connectivity index (χ0n) is 8.98. The molecular weight excluding hydrogens is 258 g/mol. The lowest BCUT2D eigenvalue weighted by atomic mass is 10.1. The number of aromatic nitrogens is 1. The third-order valence-corrected chi connectivity index (χ3v) is 2.65. The summed E-state index contributed by atoms with van der Waals surface area (Å²) in [4.78, 5) is 4.20. The molecule has 0 spiro atoms. The highest BCUT2D eigenvalue weighted by Crippen LogP contribution is 2.10. The fourth-order valence-corrected chi connectivity index (χ4v) is 1.52. The van der Waals surface area contributed by atoms with Gasteiger partial charge in [-0.3, -0.25) is 4.98 Å².